The zero-order chi connectivity index (χ0) is 18.8. The van der Waals surface area contributed by atoms with Gasteiger partial charge in [-0.25, -0.2) is 9.78 Å². The van der Waals surface area contributed by atoms with Crippen molar-refractivity contribution in [3.8, 4) is 0 Å². The lowest BCUT2D eigenvalue weighted by Gasteiger charge is -2.16. The van der Waals surface area contributed by atoms with Crippen molar-refractivity contribution < 1.29 is 14.1 Å². The van der Waals surface area contributed by atoms with Crippen LogP contribution in [0.25, 0.3) is 10.9 Å². The van der Waals surface area contributed by atoms with E-state index < -0.39 is 5.97 Å². The molecule has 3 heterocycles. The van der Waals surface area contributed by atoms with Crippen LogP contribution in [0.1, 0.15) is 53.3 Å². The Kier molecular flexibility index (Phi) is 4.75. The van der Waals surface area contributed by atoms with Gasteiger partial charge < -0.3 is 9.26 Å². The molecule has 0 bridgehead atoms. The molecule has 0 fully saturated rings. The van der Waals surface area contributed by atoms with Crippen molar-refractivity contribution in [3.63, 3.8) is 0 Å². The highest BCUT2D eigenvalue weighted by molar-refractivity contribution is 5.94. The number of aryl methyl sites for hydroxylation is 2. The summed E-state index contributed by atoms with van der Waals surface area (Å²) in [5, 5.41) is 4.29. The number of fused-ring (bicyclic) bond motifs is 2. The molecule has 27 heavy (non-hydrogen) atoms. The topological polar surface area (TPSA) is 87.2 Å². The van der Waals surface area contributed by atoms with Gasteiger partial charge in [0.15, 0.2) is 12.4 Å². The van der Waals surface area contributed by atoms with E-state index in [0.29, 0.717) is 28.8 Å². The first-order valence-electron chi connectivity index (χ1n) is 9.24. The summed E-state index contributed by atoms with van der Waals surface area (Å²) in [7, 11) is 0. The van der Waals surface area contributed by atoms with Gasteiger partial charge in [-0.1, -0.05) is 18.0 Å². The van der Waals surface area contributed by atoms with E-state index in [2.05, 4.69) is 10.1 Å². The van der Waals surface area contributed by atoms with Gasteiger partial charge in [-0.05, 0) is 38.0 Å². The van der Waals surface area contributed by atoms with E-state index in [-0.39, 0.29) is 12.2 Å². The number of esters is 1. The number of ether oxygens (including phenoxy) is 1. The Balaban J connectivity index is 1.62. The van der Waals surface area contributed by atoms with E-state index in [0.717, 1.165) is 43.6 Å². The summed E-state index contributed by atoms with van der Waals surface area (Å²) in [4.78, 5) is 29.8. The van der Waals surface area contributed by atoms with Crippen LogP contribution in [0.15, 0.2) is 33.6 Å². The molecule has 0 unspecified atom stereocenters. The van der Waals surface area contributed by atoms with Gasteiger partial charge in [0.1, 0.15) is 5.82 Å². The van der Waals surface area contributed by atoms with Crippen molar-refractivity contribution in [2.45, 2.75) is 52.2 Å². The van der Waals surface area contributed by atoms with Gasteiger partial charge in [-0.2, -0.15) is 0 Å². The first-order chi connectivity index (χ1) is 13.1. The van der Waals surface area contributed by atoms with Crippen LogP contribution in [0.4, 0.5) is 0 Å². The molecule has 0 N–H and O–H groups in total. The van der Waals surface area contributed by atoms with Crippen molar-refractivity contribution in [1.29, 1.82) is 0 Å². The predicted molar refractivity (Wildman–Crippen MR) is 98.5 cm³/mol. The first kappa shape index (κ1) is 17.5. The first-order valence-corrected chi connectivity index (χ1v) is 9.24. The van der Waals surface area contributed by atoms with Gasteiger partial charge in [-0.15, -0.1) is 0 Å². The Morgan fingerprint density at radius 2 is 2.07 bits per heavy atom. The third-order valence-electron chi connectivity index (χ3n) is 4.82. The van der Waals surface area contributed by atoms with E-state index in [4.69, 9.17) is 9.26 Å². The Morgan fingerprint density at radius 1 is 1.22 bits per heavy atom. The van der Waals surface area contributed by atoms with Crippen LogP contribution in [-0.4, -0.2) is 20.7 Å². The minimum absolute atomic E-state index is 0.0119. The van der Waals surface area contributed by atoms with Crippen LogP contribution in [0.2, 0.25) is 0 Å². The number of carbonyl (C=O) groups is 1. The summed E-state index contributed by atoms with van der Waals surface area (Å²) in [5.41, 5.74) is 1.60. The fourth-order valence-corrected chi connectivity index (χ4v) is 3.43. The fraction of sp³-hybridized carbons (Fsp3) is 0.400. The second-order valence-corrected chi connectivity index (χ2v) is 6.89. The lowest BCUT2D eigenvalue weighted by atomic mass is 10.1. The van der Waals surface area contributed by atoms with Gasteiger partial charge in [0.05, 0.1) is 22.2 Å². The zero-order valence-corrected chi connectivity index (χ0v) is 15.2. The van der Waals surface area contributed by atoms with Gasteiger partial charge in [0.2, 0.25) is 0 Å². The number of hydrogen-bond acceptors (Lipinski definition) is 6. The molecule has 7 nitrogen and oxygen atoms in total. The summed E-state index contributed by atoms with van der Waals surface area (Å²) in [5.74, 6) is 0.800. The van der Waals surface area contributed by atoms with Gasteiger partial charge >= 0.3 is 5.97 Å². The summed E-state index contributed by atoms with van der Waals surface area (Å²) >= 11 is 0. The van der Waals surface area contributed by atoms with Crippen molar-refractivity contribution in [2.75, 3.05) is 0 Å². The molecule has 1 aliphatic heterocycles. The van der Waals surface area contributed by atoms with Gasteiger partial charge in [0, 0.05) is 19.0 Å². The molecule has 0 aliphatic carbocycles. The minimum Gasteiger partial charge on any atom is -0.454 e. The minimum atomic E-state index is -0.486. The lowest BCUT2D eigenvalue weighted by molar-refractivity contribution is 0.0437. The molecule has 1 aromatic carbocycles. The molecule has 0 spiro atoms. The zero-order valence-electron chi connectivity index (χ0n) is 15.2. The number of rotatable bonds is 3. The lowest BCUT2D eigenvalue weighted by Crippen LogP contribution is -2.26. The average Bonchev–Trinajstić information content (AvgIpc) is 3.06. The maximum atomic E-state index is 12.8. The smallest absolute Gasteiger partial charge is 0.338 e. The molecule has 140 valence electrons. The third kappa shape index (κ3) is 3.63. The number of hydrogen-bond donors (Lipinski definition) is 0. The summed E-state index contributed by atoms with van der Waals surface area (Å²) < 4.78 is 12.1. The van der Waals surface area contributed by atoms with Crippen molar-refractivity contribution >= 4 is 16.9 Å². The van der Waals surface area contributed by atoms with Gasteiger partial charge in [-0.3, -0.25) is 9.36 Å². The van der Waals surface area contributed by atoms with E-state index in [1.807, 2.05) is 0 Å². The van der Waals surface area contributed by atoms with E-state index in [9.17, 15) is 9.59 Å². The molecule has 1 aliphatic rings. The Labute approximate surface area is 156 Å². The monoisotopic (exact) mass is 367 g/mol. The fourth-order valence-electron chi connectivity index (χ4n) is 3.43. The number of nitrogens with zero attached hydrogens (tertiary/aromatic N) is 3. The predicted octanol–water partition coefficient (Wildman–Crippen LogP) is 3.17. The molecule has 0 radical (unpaired) electrons. The molecular weight excluding hydrogens is 346 g/mol. The number of carbonyl (C=O) groups excluding carboxylic acids is 1. The molecule has 2 aromatic heterocycles. The van der Waals surface area contributed by atoms with Crippen molar-refractivity contribution in [1.82, 2.24) is 14.7 Å². The van der Waals surface area contributed by atoms with Crippen LogP contribution in [0, 0.1) is 6.92 Å². The highest BCUT2D eigenvalue weighted by Crippen LogP contribution is 2.17. The normalized spacial score (nSPS) is 14.4. The molecule has 0 saturated heterocycles. The highest BCUT2D eigenvalue weighted by Gasteiger charge is 2.16. The average molecular weight is 367 g/mol. The molecule has 0 saturated carbocycles. The van der Waals surface area contributed by atoms with Gasteiger partial charge in [0.25, 0.3) is 5.56 Å². The summed E-state index contributed by atoms with van der Waals surface area (Å²) in [6.45, 7) is 2.52. The Hall–Kier alpha value is -2.96. The van der Waals surface area contributed by atoms with Crippen molar-refractivity contribution in [3.05, 3.63) is 57.5 Å². The largest absolute Gasteiger partial charge is 0.454 e. The van der Waals surface area contributed by atoms with Crippen LogP contribution < -0.4 is 5.56 Å². The summed E-state index contributed by atoms with van der Waals surface area (Å²) in [6, 6.07) is 6.61. The van der Waals surface area contributed by atoms with Crippen LogP contribution >= 0.6 is 0 Å². The molecule has 0 amide bonds. The molecule has 0 atom stereocenters. The van der Waals surface area contributed by atoms with E-state index >= 15 is 0 Å². The quantitative estimate of drug-likeness (QED) is 0.661. The van der Waals surface area contributed by atoms with E-state index in [1.54, 1.807) is 35.8 Å². The molecule has 7 heteroatoms. The summed E-state index contributed by atoms with van der Waals surface area (Å²) in [6.07, 6.45) is 5.09. The Bertz CT molecular complexity index is 1050. The van der Waals surface area contributed by atoms with Crippen LogP contribution in [-0.2, 0) is 24.3 Å². The molecule has 4 rings (SSSR count). The second-order valence-electron chi connectivity index (χ2n) is 6.89. The van der Waals surface area contributed by atoms with Crippen LogP contribution in [0.5, 0.6) is 0 Å². The molecular formula is C20H21N3O4. The van der Waals surface area contributed by atoms with Crippen LogP contribution in [0.3, 0.4) is 0 Å². The maximum Gasteiger partial charge on any atom is 0.338 e. The number of aromatic nitrogens is 3. The Morgan fingerprint density at radius 3 is 2.89 bits per heavy atom. The molecule has 3 aromatic rings. The standard InChI is InChI=1S/C20H21N3O4/c1-13-10-15(27-22-13)12-26-20(25)14-7-8-16-17(11-14)21-18-6-4-2-3-5-9-23(18)19(16)24/h7-8,10-11H,2-6,9,12H2,1H3. The maximum absolute atomic E-state index is 12.8. The SMILES string of the molecule is Cc1cc(COC(=O)c2ccc3c(=O)n4c(nc3c2)CCCCCC4)on1. The third-order valence-corrected chi connectivity index (χ3v) is 4.82. The second kappa shape index (κ2) is 7.34. The highest BCUT2D eigenvalue weighted by atomic mass is 16.5. The van der Waals surface area contributed by atoms with E-state index in [1.165, 1.54) is 0 Å². The number of benzene rings is 1. The van der Waals surface area contributed by atoms with Crippen molar-refractivity contribution in [2.24, 2.45) is 0 Å².